The van der Waals surface area contributed by atoms with Gasteiger partial charge in [0.1, 0.15) is 0 Å². The van der Waals surface area contributed by atoms with E-state index in [2.05, 4.69) is 44.3 Å². The molecule has 2 rings (SSSR count). The van der Waals surface area contributed by atoms with Crippen molar-refractivity contribution in [3.05, 3.63) is 12.3 Å². The Labute approximate surface area is 87.6 Å². The minimum absolute atomic E-state index is 0.309. The lowest BCUT2D eigenvalue weighted by atomic mass is 9.57. The van der Waals surface area contributed by atoms with Crippen LogP contribution in [0.2, 0.25) is 0 Å². The summed E-state index contributed by atoms with van der Waals surface area (Å²) in [6, 6.07) is 0. The van der Waals surface area contributed by atoms with Crippen molar-refractivity contribution in [2.75, 3.05) is 27.2 Å². The van der Waals surface area contributed by atoms with Crippen LogP contribution in [0.4, 0.5) is 0 Å². The van der Waals surface area contributed by atoms with Crippen LogP contribution in [-0.4, -0.2) is 42.5 Å². The molecule has 1 spiro atoms. The Kier molecular flexibility index (Phi) is 1.97. The molecule has 2 saturated heterocycles. The van der Waals surface area contributed by atoms with Crippen molar-refractivity contribution in [2.45, 2.75) is 32.2 Å². The van der Waals surface area contributed by atoms with Gasteiger partial charge < -0.3 is 9.80 Å². The Morgan fingerprint density at radius 1 is 1.14 bits per heavy atom. The monoisotopic (exact) mass is 194 g/mol. The molecule has 0 aliphatic carbocycles. The Bertz CT molecular complexity index is 259. The van der Waals surface area contributed by atoms with E-state index in [0.717, 1.165) is 0 Å². The second-order valence-electron chi connectivity index (χ2n) is 5.47. The van der Waals surface area contributed by atoms with Crippen LogP contribution in [-0.2, 0) is 0 Å². The Morgan fingerprint density at radius 2 is 1.64 bits per heavy atom. The third kappa shape index (κ3) is 0.952. The molecule has 0 aromatic rings. The average Bonchev–Trinajstić information content (AvgIpc) is 2.17. The van der Waals surface area contributed by atoms with Crippen molar-refractivity contribution < 1.29 is 0 Å². The molecule has 2 nitrogen and oxygen atoms in total. The maximum Gasteiger partial charge on any atom is 0.0525 e. The number of rotatable bonds is 0. The molecular formula is C12H22N2. The fourth-order valence-corrected chi connectivity index (χ4v) is 3.26. The second-order valence-corrected chi connectivity index (χ2v) is 5.47. The van der Waals surface area contributed by atoms with Crippen LogP contribution in [0.5, 0.6) is 0 Å². The number of nitrogens with zero attached hydrogens (tertiary/aromatic N) is 2. The summed E-state index contributed by atoms with van der Waals surface area (Å²) >= 11 is 0. The van der Waals surface area contributed by atoms with Gasteiger partial charge in [0.25, 0.3) is 0 Å². The van der Waals surface area contributed by atoms with Crippen molar-refractivity contribution in [3.8, 4) is 0 Å². The van der Waals surface area contributed by atoms with Crippen LogP contribution in [0, 0.1) is 5.41 Å². The second kappa shape index (κ2) is 2.75. The van der Waals surface area contributed by atoms with E-state index in [9.17, 15) is 0 Å². The normalized spacial score (nSPS) is 30.6. The maximum atomic E-state index is 4.18. The summed E-state index contributed by atoms with van der Waals surface area (Å²) in [5.41, 5.74) is 2.02. The highest BCUT2D eigenvalue weighted by Gasteiger charge is 2.60. The summed E-state index contributed by atoms with van der Waals surface area (Å²) in [5.74, 6) is 0. The number of hydrogen-bond acceptors (Lipinski definition) is 2. The van der Waals surface area contributed by atoms with E-state index >= 15 is 0 Å². The zero-order valence-corrected chi connectivity index (χ0v) is 9.93. The van der Waals surface area contributed by atoms with E-state index < -0.39 is 0 Å². The standard InChI is InChI=1S/C12H22N2/c1-10-11(2,3)12(14(10)5)6-8-13(4)9-7-12/h1,6-9H2,2-5H3. The SMILES string of the molecule is C=C1N(C)C2(CCN(C)CC2)C1(C)C. The molecule has 0 radical (unpaired) electrons. The molecule has 0 aromatic heterocycles. The fourth-order valence-electron chi connectivity index (χ4n) is 3.26. The first-order valence-corrected chi connectivity index (χ1v) is 5.53. The smallest absolute Gasteiger partial charge is 0.0525 e. The third-order valence-corrected chi connectivity index (χ3v) is 4.75. The predicted octanol–water partition coefficient (Wildman–Crippen LogP) is 1.94. The summed E-state index contributed by atoms with van der Waals surface area (Å²) in [5, 5.41) is 0. The molecule has 0 aromatic carbocycles. The molecule has 0 unspecified atom stereocenters. The van der Waals surface area contributed by atoms with Crippen molar-refractivity contribution in [2.24, 2.45) is 5.41 Å². The maximum absolute atomic E-state index is 4.18. The minimum Gasteiger partial charge on any atom is -0.371 e. The Balaban J connectivity index is 2.21. The Hall–Kier alpha value is -0.500. The van der Waals surface area contributed by atoms with E-state index in [1.54, 1.807) is 0 Å². The number of likely N-dealkylation sites (tertiary alicyclic amines) is 2. The molecule has 0 bridgehead atoms. The van der Waals surface area contributed by atoms with Gasteiger partial charge in [0.05, 0.1) is 5.54 Å². The van der Waals surface area contributed by atoms with Crippen LogP contribution < -0.4 is 0 Å². The molecule has 0 atom stereocenters. The molecular weight excluding hydrogens is 172 g/mol. The first-order chi connectivity index (χ1) is 6.42. The Morgan fingerprint density at radius 3 is 2.07 bits per heavy atom. The van der Waals surface area contributed by atoms with Gasteiger partial charge in [-0.25, -0.2) is 0 Å². The largest absolute Gasteiger partial charge is 0.371 e. The minimum atomic E-state index is 0.309. The number of piperidine rings is 1. The summed E-state index contributed by atoms with van der Waals surface area (Å²) in [6.45, 7) is 11.3. The molecule has 2 aliphatic rings. The zero-order chi connectivity index (χ0) is 10.6. The fraction of sp³-hybridized carbons (Fsp3) is 0.833. The highest BCUT2D eigenvalue weighted by Crippen LogP contribution is 2.57. The lowest BCUT2D eigenvalue weighted by molar-refractivity contribution is -0.0998. The van der Waals surface area contributed by atoms with Crippen molar-refractivity contribution in [1.29, 1.82) is 0 Å². The van der Waals surface area contributed by atoms with Crippen molar-refractivity contribution >= 4 is 0 Å². The first kappa shape index (κ1) is 10.0. The molecule has 2 heterocycles. The van der Waals surface area contributed by atoms with Gasteiger partial charge in [-0.15, -0.1) is 0 Å². The molecule has 0 N–H and O–H groups in total. The van der Waals surface area contributed by atoms with Crippen LogP contribution >= 0.6 is 0 Å². The van der Waals surface area contributed by atoms with Gasteiger partial charge in [0.15, 0.2) is 0 Å². The van der Waals surface area contributed by atoms with Gasteiger partial charge in [0.2, 0.25) is 0 Å². The van der Waals surface area contributed by atoms with Gasteiger partial charge in [-0.1, -0.05) is 20.4 Å². The van der Waals surface area contributed by atoms with E-state index in [4.69, 9.17) is 0 Å². The van der Waals surface area contributed by atoms with Crippen molar-refractivity contribution in [3.63, 3.8) is 0 Å². The third-order valence-electron chi connectivity index (χ3n) is 4.75. The van der Waals surface area contributed by atoms with E-state index in [0.29, 0.717) is 11.0 Å². The average molecular weight is 194 g/mol. The molecule has 14 heavy (non-hydrogen) atoms. The van der Waals surface area contributed by atoms with Gasteiger partial charge in [-0.05, 0) is 19.9 Å². The topological polar surface area (TPSA) is 6.48 Å². The van der Waals surface area contributed by atoms with E-state index in [1.165, 1.54) is 31.6 Å². The quantitative estimate of drug-likeness (QED) is 0.581. The van der Waals surface area contributed by atoms with E-state index in [1.807, 2.05) is 0 Å². The van der Waals surface area contributed by atoms with Crippen LogP contribution in [0.3, 0.4) is 0 Å². The molecule has 0 amide bonds. The van der Waals surface area contributed by atoms with Crippen LogP contribution in [0.1, 0.15) is 26.7 Å². The van der Waals surface area contributed by atoms with E-state index in [-0.39, 0.29) is 0 Å². The molecule has 2 heteroatoms. The molecule has 0 saturated carbocycles. The van der Waals surface area contributed by atoms with Gasteiger partial charge in [-0.2, -0.15) is 0 Å². The molecule has 2 fully saturated rings. The molecule has 2 aliphatic heterocycles. The van der Waals surface area contributed by atoms with Gasteiger partial charge >= 0.3 is 0 Å². The zero-order valence-electron chi connectivity index (χ0n) is 9.93. The van der Waals surface area contributed by atoms with Gasteiger partial charge in [-0.3, -0.25) is 0 Å². The lowest BCUT2D eigenvalue weighted by Gasteiger charge is -2.67. The highest BCUT2D eigenvalue weighted by molar-refractivity contribution is 5.30. The van der Waals surface area contributed by atoms with Crippen LogP contribution in [0.15, 0.2) is 12.3 Å². The summed E-state index contributed by atoms with van der Waals surface area (Å²) in [7, 11) is 4.42. The molecule has 80 valence electrons. The lowest BCUT2D eigenvalue weighted by Crippen LogP contribution is -2.71. The van der Waals surface area contributed by atoms with Gasteiger partial charge in [0, 0.05) is 31.2 Å². The summed E-state index contributed by atoms with van der Waals surface area (Å²) in [6.07, 6.45) is 2.57. The predicted molar refractivity (Wildman–Crippen MR) is 60.1 cm³/mol. The first-order valence-electron chi connectivity index (χ1n) is 5.53. The van der Waals surface area contributed by atoms with Crippen molar-refractivity contribution in [1.82, 2.24) is 9.80 Å². The number of hydrogen-bond donors (Lipinski definition) is 0. The van der Waals surface area contributed by atoms with Crippen LogP contribution in [0.25, 0.3) is 0 Å². The summed E-state index contributed by atoms with van der Waals surface area (Å²) < 4.78 is 0. The highest BCUT2D eigenvalue weighted by atomic mass is 15.3. The summed E-state index contributed by atoms with van der Waals surface area (Å²) in [4.78, 5) is 4.84.